The van der Waals surface area contributed by atoms with Crippen molar-refractivity contribution in [2.75, 3.05) is 11.4 Å². The second kappa shape index (κ2) is 4.42. The van der Waals surface area contributed by atoms with E-state index in [1.54, 1.807) is 6.07 Å². The molecule has 2 heterocycles. The lowest BCUT2D eigenvalue weighted by Crippen LogP contribution is -2.29. The van der Waals surface area contributed by atoms with E-state index < -0.39 is 5.97 Å². The molecular formula is C10H10BrN3O3. The minimum atomic E-state index is -1.17. The number of aromatic carboxylic acids is 1. The summed E-state index contributed by atoms with van der Waals surface area (Å²) in [5.41, 5.74) is 5.81. The van der Waals surface area contributed by atoms with Gasteiger partial charge in [-0.25, -0.2) is 9.78 Å². The second-order valence-corrected chi connectivity index (χ2v) is 4.71. The van der Waals surface area contributed by atoms with Crippen molar-refractivity contribution >= 4 is 33.5 Å². The Morgan fingerprint density at radius 1 is 1.65 bits per heavy atom. The quantitative estimate of drug-likeness (QED) is 0.834. The lowest BCUT2D eigenvalue weighted by molar-refractivity contribution is -0.117. The topological polar surface area (TPSA) is 96.5 Å². The van der Waals surface area contributed by atoms with Gasteiger partial charge in [-0.2, -0.15) is 0 Å². The smallest absolute Gasteiger partial charge is 0.356 e. The first-order valence-corrected chi connectivity index (χ1v) is 5.73. The Bertz CT molecular complexity index is 492. The molecule has 1 aromatic heterocycles. The number of amides is 1. The molecular weight excluding hydrogens is 290 g/mol. The molecule has 0 bridgehead atoms. The molecule has 0 radical (unpaired) electrons. The van der Waals surface area contributed by atoms with Crippen LogP contribution in [0.2, 0.25) is 0 Å². The Kier molecular flexibility index (Phi) is 3.12. The molecule has 1 aromatic rings. The minimum Gasteiger partial charge on any atom is -0.476 e. The van der Waals surface area contributed by atoms with E-state index in [2.05, 4.69) is 20.9 Å². The van der Waals surface area contributed by atoms with E-state index in [-0.39, 0.29) is 29.8 Å². The highest BCUT2D eigenvalue weighted by Gasteiger charge is 2.31. The number of nitrogens with two attached hydrogens (primary N) is 1. The van der Waals surface area contributed by atoms with Crippen LogP contribution >= 0.6 is 15.9 Å². The molecule has 1 unspecified atom stereocenters. The third kappa shape index (κ3) is 2.29. The molecule has 1 saturated heterocycles. The Balaban J connectivity index is 2.46. The zero-order valence-electron chi connectivity index (χ0n) is 8.76. The van der Waals surface area contributed by atoms with Crippen LogP contribution in [0.25, 0.3) is 0 Å². The van der Waals surface area contributed by atoms with Crippen molar-refractivity contribution < 1.29 is 14.7 Å². The first kappa shape index (κ1) is 12.0. The molecule has 0 spiro atoms. The predicted octanol–water partition coefficient (Wildman–Crippen LogP) is 0.606. The maximum atomic E-state index is 11.7. The van der Waals surface area contributed by atoms with Crippen LogP contribution in [0.4, 0.5) is 5.69 Å². The van der Waals surface area contributed by atoms with Crippen LogP contribution in [-0.2, 0) is 4.79 Å². The van der Waals surface area contributed by atoms with E-state index in [4.69, 9.17) is 10.8 Å². The van der Waals surface area contributed by atoms with Crippen molar-refractivity contribution in [3.63, 3.8) is 0 Å². The number of rotatable bonds is 2. The number of hydrogen-bond donors (Lipinski definition) is 2. The molecule has 0 aromatic carbocycles. The molecule has 0 saturated carbocycles. The molecule has 7 heteroatoms. The molecule has 90 valence electrons. The van der Waals surface area contributed by atoms with Crippen molar-refractivity contribution in [1.82, 2.24) is 4.98 Å². The van der Waals surface area contributed by atoms with Crippen molar-refractivity contribution in [3.8, 4) is 0 Å². The summed E-state index contributed by atoms with van der Waals surface area (Å²) in [4.78, 5) is 27.9. The summed E-state index contributed by atoms with van der Waals surface area (Å²) in [6, 6.07) is 1.30. The van der Waals surface area contributed by atoms with Gasteiger partial charge in [0.25, 0.3) is 0 Å². The number of carboxylic acids is 1. The third-order valence-electron chi connectivity index (χ3n) is 2.48. The number of anilines is 1. The molecule has 1 amide bonds. The zero-order chi connectivity index (χ0) is 12.6. The average Bonchev–Trinajstić information content (AvgIpc) is 2.57. The van der Waals surface area contributed by atoms with E-state index in [0.717, 1.165) is 0 Å². The molecule has 1 fully saturated rings. The molecule has 1 aliphatic heterocycles. The normalized spacial score (nSPS) is 19.8. The third-order valence-corrected chi connectivity index (χ3v) is 2.92. The highest BCUT2D eigenvalue weighted by atomic mass is 79.9. The summed E-state index contributed by atoms with van der Waals surface area (Å²) in [5.74, 6) is -1.35. The van der Waals surface area contributed by atoms with Crippen molar-refractivity contribution in [2.45, 2.75) is 12.5 Å². The maximum Gasteiger partial charge on any atom is 0.356 e. The standard InChI is InChI=1S/C10H10BrN3O3/c11-5-1-7(9(10(16)17)13-3-5)14-4-6(12)2-8(14)15/h1,3,6H,2,4,12H2,(H,16,17). The first-order chi connectivity index (χ1) is 7.99. The van der Waals surface area contributed by atoms with Gasteiger partial charge in [0, 0.05) is 29.7 Å². The number of carbonyl (C=O) groups excluding carboxylic acids is 1. The zero-order valence-corrected chi connectivity index (χ0v) is 10.3. The lowest BCUT2D eigenvalue weighted by Gasteiger charge is -2.17. The summed E-state index contributed by atoms with van der Waals surface area (Å²) in [6.07, 6.45) is 1.61. The van der Waals surface area contributed by atoms with Gasteiger partial charge in [-0.3, -0.25) is 4.79 Å². The van der Waals surface area contributed by atoms with Crippen LogP contribution in [0, 0.1) is 0 Å². The first-order valence-electron chi connectivity index (χ1n) is 4.94. The number of hydrogen-bond acceptors (Lipinski definition) is 4. The van der Waals surface area contributed by atoms with E-state index >= 15 is 0 Å². The van der Waals surface area contributed by atoms with Gasteiger partial charge in [0.15, 0.2) is 5.69 Å². The average molecular weight is 300 g/mol. The number of nitrogens with zero attached hydrogens (tertiary/aromatic N) is 2. The number of carboxylic acid groups (broad SMARTS) is 1. The molecule has 17 heavy (non-hydrogen) atoms. The van der Waals surface area contributed by atoms with Gasteiger partial charge in [0.2, 0.25) is 5.91 Å². The summed E-state index contributed by atoms with van der Waals surface area (Å²) in [6.45, 7) is 0.317. The summed E-state index contributed by atoms with van der Waals surface area (Å²) >= 11 is 3.20. The van der Waals surface area contributed by atoms with Crippen LogP contribution < -0.4 is 10.6 Å². The Morgan fingerprint density at radius 2 is 2.35 bits per heavy atom. The van der Waals surface area contributed by atoms with Crippen molar-refractivity contribution in [1.29, 1.82) is 0 Å². The van der Waals surface area contributed by atoms with E-state index in [9.17, 15) is 9.59 Å². The molecule has 6 nitrogen and oxygen atoms in total. The minimum absolute atomic E-state index is 0.143. The van der Waals surface area contributed by atoms with Gasteiger partial charge in [-0.15, -0.1) is 0 Å². The fourth-order valence-electron chi connectivity index (χ4n) is 1.77. The van der Waals surface area contributed by atoms with Gasteiger partial charge < -0.3 is 15.7 Å². The van der Waals surface area contributed by atoms with Crippen LogP contribution in [0.5, 0.6) is 0 Å². The highest BCUT2D eigenvalue weighted by molar-refractivity contribution is 9.10. The van der Waals surface area contributed by atoms with Crippen LogP contribution in [0.3, 0.4) is 0 Å². The fraction of sp³-hybridized carbons (Fsp3) is 0.300. The lowest BCUT2D eigenvalue weighted by atomic mass is 10.2. The Labute approximate surface area is 106 Å². The monoisotopic (exact) mass is 299 g/mol. The van der Waals surface area contributed by atoms with E-state index in [1.165, 1.54) is 11.1 Å². The largest absolute Gasteiger partial charge is 0.476 e. The summed E-state index contributed by atoms with van der Waals surface area (Å²) in [7, 11) is 0. The van der Waals surface area contributed by atoms with Gasteiger partial charge in [0.05, 0.1) is 5.69 Å². The van der Waals surface area contributed by atoms with Crippen LogP contribution in [0.1, 0.15) is 16.9 Å². The van der Waals surface area contributed by atoms with Gasteiger partial charge >= 0.3 is 5.97 Å². The number of pyridine rings is 1. The van der Waals surface area contributed by atoms with Crippen LogP contribution in [-0.4, -0.2) is 34.6 Å². The van der Waals surface area contributed by atoms with Crippen LogP contribution in [0.15, 0.2) is 16.7 Å². The Hall–Kier alpha value is -1.47. The SMILES string of the molecule is NC1CC(=O)N(c2cc(Br)cnc2C(=O)O)C1. The molecule has 0 aliphatic carbocycles. The van der Waals surface area contributed by atoms with Gasteiger partial charge in [-0.05, 0) is 22.0 Å². The van der Waals surface area contributed by atoms with Crippen molar-refractivity contribution in [3.05, 3.63) is 22.4 Å². The number of halogens is 1. The Morgan fingerprint density at radius 3 is 2.88 bits per heavy atom. The van der Waals surface area contributed by atoms with Gasteiger partial charge in [-0.1, -0.05) is 0 Å². The highest BCUT2D eigenvalue weighted by Crippen LogP contribution is 2.26. The molecule has 3 N–H and O–H groups in total. The molecule has 1 aliphatic rings. The predicted molar refractivity (Wildman–Crippen MR) is 63.8 cm³/mol. The number of carbonyl (C=O) groups is 2. The van der Waals surface area contributed by atoms with E-state index in [0.29, 0.717) is 11.0 Å². The molecule has 2 rings (SSSR count). The maximum absolute atomic E-state index is 11.7. The second-order valence-electron chi connectivity index (χ2n) is 3.79. The van der Waals surface area contributed by atoms with Crippen molar-refractivity contribution in [2.24, 2.45) is 5.73 Å². The van der Waals surface area contributed by atoms with Gasteiger partial charge in [0.1, 0.15) is 0 Å². The fourth-order valence-corrected chi connectivity index (χ4v) is 2.09. The summed E-state index contributed by atoms with van der Waals surface area (Å²) < 4.78 is 0.616. The number of aromatic nitrogens is 1. The molecule has 1 atom stereocenters. The summed E-state index contributed by atoms with van der Waals surface area (Å²) in [5, 5.41) is 9.02. The van der Waals surface area contributed by atoms with E-state index in [1.807, 2.05) is 0 Å².